The quantitative estimate of drug-likeness (QED) is 0.315. The molecule has 3 rings (SSSR count). The van der Waals surface area contributed by atoms with Crippen LogP contribution in [0.4, 0.5) is 5.69 Å². The first-order valence-electron chi connectivity index (χ1n) is 10.7. The summed E-state index contributed by atoms with van der Waals surface area (Å²) in [6, 6.07) is 5.60. The maximum absolute atomic E-state index is 11.7. The van der Waals surface area contributed by atoms with Crippen molar-refractivity contribution in [3.63, 3.8) is 0 Å². The van der Waals surface area contributed by atoms with Gasteiger partial charge in [0, 0.05) is 37.5 Å². The van der Waals surface area contributed by atoms with E-state index in [4.69, 9.17) is 32.9 Å². The first-order valence-corrected chi connectivity index (χ1v) is 11.4. The number of esters is 1. The smallest absolute Gasteiger partial charge is 0.308 e. The Morgan fingerprint density at radius 3 is 2.35 bits per heavy atom. The molecule has 0 aromatic heterocycles. The predicted molar refractivity (Wildman–Crippen MR) is 129 cm³/mol. The third-order valence-corrected chi connectivity index (χ3v) is 6.82. The highest BCUT2D eigenvalue weighted by Crippen LogP contribution is 2.37. The lowest BCUT2D eigenvalue weighted by Gasteiger charge is -2.41. The lowest BCUT2D eigenvalue weighted by Crippen LogP contribution is -2.50. The molecule has 2 saturated heterocycles. The molecule has 0 radical (unpaired) electrons. The lowest BCUT2D eigenvalue weighted by molar-refractivity contribution is -0.147. The van der Waals surface area contributed by atoms with Crippen LogP contribution in [0.15, 0.2) is 47.1 Å². The molecule has 1 aromatic carbocycles. The van der Waals surface area contributed by atoms with Crippen LogP contribution in [0.25, 0.3) is 0 Å². The number of halogens is 2. The average Bonchev–Trinajstić information content (AvgIpc) is 2.71. The highest BCUT2D eigenvalue weighted by atomic mass is 35.5. The molecule has 1 aromatic rings. The summed E-state index contributed by atoms with van der Waals surface area (Å²) < 4.78 is 4.88. The van der Waals surface area contributed by atoms with Gasteiger partial charge in [-0.1, -0.05) is 41.4 Å². The van der Waals surface area contributed by atoms with Gasteiger partial charge in [0.2, 0.25) is 0 Å². The number of nitrogens with zero attached hydrogens (tertiary/aromatic N) is 3. The highest BCUT2D eigenvalue weighted by molar-refractivity contribution is 6.39. The zero-order valence-corrected chi connectivity index (χ0v) is 20.0. The normalized spacial score (nSPS) is 19.3. The zero-order valence-electron chi connectivity index (χ0n) is 18.5. The molecule has 2 aliphatic heterocycles. The minimum absolute atomic E-state index is 0.0203. The van der Waals surface area contributed by atoms with E-state index in [1.165, 1.54) is 7.11 Å². The predicted octanol–water partition coefficient (Wildman–Crippen LogP) is 5.24. The van der Waals surface area contributed by atoms with Gasteiger partial charge in [-0.15, -0.1) is 0 Å². The van der Waals surface area contributed by atoms with E-state index in [1.807, 2.05) is 31.3 Å². The van der Waals surface area contributed by atoms with Crippen LogP contribution in [0.5, 0.6) is 0 Å². The van der Waals surface area contributed by atoms with Crippen LogP contribution in [-0.4, -0.2) is 56.4 Å². The second kappa shape index (κ2) is 10.7. The number of anilines is 1. The van der Waals surface area contributed by atoms with Crippen molar-refractivity contribution in [1.29, 1.82) is 0 Å². The largest absolute Gasteiger partial charge is 0.469 e. The van der Waals surface area contributed by atoms with E-state index in [1.54, 1.807) is 0 Å². The molecular formula is C24H31Cl2N3O2. The van der Waals surface area contributed by atoms with Crippen molar-refractivity contribution >= 4 is 40.6 Å². The summed E-state index contributed by atoms with van der Waals surface area (Å²) in [5, 5.41) is 1.36. The standard InChI is InChI=1S/C24H31Cl2N3O2/c1-16(2)19(13-28-10-8-18(9-11-28)24(30)31-4)12-27-17(3)20-14-29(15-20)23-21(25)6-5-7-22(23)26/h5-7,12,18,20H,1,8-11,13-15H2,2-4H3/b19-12-,27-17+. The minimum Gasteiger partial charge on any atom is -0.469 e. The van der Waals surface area contributed by atoms with Crippen molar-refractivity contribution in [2.24, 2.45) is 16.8 Å². The number of benzene rings is 1. The molecule has 2 fully saturated rings. The van der Waals surface area contributed by atoms with E-state index >= 15 is 0 Å². The SMILES string of the molecule is C=C(C)/C(=C\N=C(/C)C1CN(c2c(Cl)cccc2Cl)C1)CN1CCC(C(=O)OC)CC1. The molecule has 0 spiro atoms. The summed E-state index contributed by atoms with van der Waals surface area (Å²) in [6.07, 6.45) is 3.62. The number of methoxy groups -OCH3 is 1. The summed E-state index contributed by atoms with van der Waals surface area (Å²) in [5.74, 6) is 0.306. The number of para-hydroxylation sites is 1. The fourth-order valence-corrected chi connectivity index (χ4v) is 4.66. The fourth-order valence-electron chi connectivity index (χ4n) is 4.02. The Morgan fingerprint density at radius 1 is 1.19 bits per heavy atom. The van der Waals surface area contributed by atoms with Gasteiger partial charge in [-0.3, -0.25) is 14.7 Å². The summed E-state index contributed by atoms with van der Waals surface area (Å²) in [4.78, 5) is 21.0. The van der Waals surface area contributed by atoms with E-state index in [2.05, 4.69) is 23.3 Å². The van der Waals surface area contributed by atoms with Crippen molar-refractivity contribution in [1.82, 2.24) is 4.90 Å². The molecule has 168 valence electrons. The monoisotopic (exact) mass is 463 g/mol. The number of carbonyl (C=O) groups is 1. The number of hydrogen-bond acceptors (Lipinski definition) is 5. The Balaban J connectivity index is 1.57. The molecule has 0 saturated carbocycles. The molecule has 2 aliphatic rings. The second-order valence-corrected chi connectivity index (χ2v) is 9.27. The number of piperidine rings is 1. The van der Waals surface area contributed by atoms with Gasteiger partial charge in [0.25, 0.3) is 0 Å². The number of ether oxygens (including phenoxy) is 1. The number of aliphatic imine (C=N–C) groups is 1. The van der Waals surface area contributed by atoms with Crippen LogP contribution in [0, 0.1) is 11.8 Å². The van der Waals surface area contributed by atoms with E-state index in [0.29, 0.717) is 16.0 Å². The Hall–Kier alpha value is -1.82. The molecule has 0 aliphatic carbocycles. The van der Waals surface area contributed by atoms with Gasteiger partial charge in [-0.2, -0.15) is 0 Å². The Bertz CT molecular complexity index is 863. The zero-order chi connectivity index (χ0) is 22.5. The third-order valence-electron chi connectivity index (χ3n) is 6.21. The Morgan fingerprint density at radius 2 is 1.81 bits per heavy atom. The summed E-state index contributed by atoms with van der Waals surface area (Å²) in [5.41, 5.74) is 4.15. The van der Waals surface area contributed by atoms with Crippen molar-refractivity contribution in [3.8, 4) is 0 Å². The molecule has 2 heterocycles. The Labute approximate surface area is 195 Å². The van der Waals surface area contributed by atoms with Gasteiger partial charge in [0.15, 0.2) is 0 Å². The van der Waals surface area contributed by atoms with E-state index in [0.717, 1.165) is 68.1 Å². The van der Waals surface area contributed by atoms with Gasteiger partial charge >= 0.3 is 5.97 Å². The van der Waals surface area contributed by atoms with Gasteiger partial charge < -0.3 is 9.64 Å². The maximum Gasteiger partial charge on any atom is 0.308 e. The van der Waals surface area contributed by atoms with Gasteiger partial charge in [-0.25, -0.2) is 0 Å². The summed E-state index contributed by atoms with van der Waals surface area (Å²) in [7, 11) is 1.46. The highest BCUT2D eigenvalue weighted by Gasteiger charge is 2.31. The molecule has 31 heavy (non-hydrogen) atoms. The summed E-state index contributed by atoms with van der Waals surface area (Å²) in [6.45, 7) is 12.5. The molecular weight excluding hydrogens is 433 g/mol. The minimum atomic E-state index is -0.0943. The van der Waals surface area contributed by atoms with Gasteiger partial charge in [0.1, 0.15) is 0 Å². The van der Waals surface area contributed by atoms with E-state index in [9.17, 15) is 4.79 Å². The van der Waals surface area contributed by atoms with Crippen molar-refractivity contribution in [3.05, 3.63) is 52.2 Å². The van der Waals surface area contributed by atoms with E-state index in [-0.39, 0.29) is 11.9 Å². The van der Waals surface area contributed by atoms with Gasteiger partial charge in [-0.05, 0) is 57.5 Å². The van der Waals surface area contributed by atoms with Crippen LogP contribution in [0.2, 0.25) is 10.0 Å². The number of likely N-dealkylation sites (tertiary alicyclic amines) is 1. The molecule has 0 atom stereocenters. The maximum atomic E-state index is 11.7. The van der Waals surface area contributed by atoms with Gasteiger partial charge in [0.05, 0.1) is 28.8 Å². The Kier molecular flexibility index (Phi) is 8.20. The first-order chi connectivity index (χ1) is 14.8. The van der Waals surface area contributed by atoms with Crippen LogP contribution in [0.1, 0.15) is 26.7 Å². The molecule has 5 nitrogen and oxygen atoms in total. The molecule has 0 bridgehead atoms. The fraction of sp³-hybridized carbons (Fsp3) is 0.500. The van der Waals surface area contributed by atoms with Crippen molar-refractivity contribution in [2.45, 2.75) is 26.7 Å². The number of rotatable bonds is 7. The summed E-state index contributed by atoms with van der Waals surface area (Å²) >= 11 is 12.6. The number of hydrogen-bond donors (Lipinski definition) is 0. The topological polar surface area (TPSA) is 45.1 Å². The van der Waals surface area contributed by atoms with Crippen molar-refractivity contribution < 1.29 is 9.53 Å². The molecule has 0 unspecified atom stereocenters. The van der Waals surface area contributed by atoms with Crippen LogP contribution in [-0.2, 0) is 9.53 Å². The lowest BCUT2D eigenvalue weighted by atomic mass is 9.94. The van der Waals surface area contributed by atoms with Crippen LogP contribution >= 0.6 is 23.2 Å². The van der Waals surface area contributed by atoms with Crippen molar-refractivity contribution in [2.75, 3.05) is 44.7 Å². The molecule has 0 N–H and O–H groups in total. The first kappa shape index (κ1) is 23.8. The molecule has 0 amide bonds. The third kappa shape index (κ3) is 5.91. The number of carbonyl (C=O) groups excluding carboxylic acids is 1. The average molecular weight is 464 g/mol. The van der Waals surface area contributed by atoms with E-state index < -0.39 is 0 Å². The molecule has 7 heteroatoms. The van der Waals surface area contributed by atoms with Crippen LogP contribution < -0.4 is 4.90 Å². The second-order valence-electron chi connectivity index (χ2n) is 8.45. The van der Waals surface area contributed by atoms with Crippen LogP contribution in [0.3, 0.4) is 0 Å².